The minimum Gasteiger partial charge on any atom is -0.398 e. The number of aryl methyl sites for hydroxylation is 2. The molecule has 110 valence electrons. The van der Waals surface area contributed by atoms with Gasteiger partial charge in [0.05, 0.1) is 6.54 Å². The predicted octanol–water partition coefficient (Wildman–Crippen LogP) is 1.44. The third-order valence-electron chi connectivity index (χ3n) is 3.34. The molecule has 1 aromatic carbocycles. The maximum Gasteiger partial charge on any atom is 0.254 e. The summed E-state index contributed by atoms with van der Waals surface area (Å²) in [6, 6.07) is 3.58. The fraction of sp³-hybridized carbons (Fsp3) is 0.467. The molecule has 0 aliphatic heterocycles. The van der Waals surface area contributed by atoms with Gasteiger partial charge in [-0.05, 0) is 38.0 Å². The lowest BCUT2D eigenvalue weighted by Crippen LogP contribution is -2.40. The molecular weight excluding hydrogens is 254 g/mol. The van der Waals surface area contributed by atoms with Gasteiger partial charge >= 0.3 is 0 Å². The number of amides is 2. The molecule has 0 aliphatic carbocycles. The van der Waals surface area contributed by atoms with Crippen LogP contribution in [-0.4, -0.2) is 48.8 Å². The van der Waals surface area contributed by atoms with Gasteiger partial charge in [-0.3, -0.25) is 9.59 Å². The van der Waals surface area contributed by atoms with Gasteiger partial charge in [0.1, 0.15) is 0 Å². The predicted molar refractivity (Wildman–Crippen MR) is 80.6 cm³/mol. The minimum atomic E-state index is -0.160. The molecule has 2 N–H and O–H groups in total. The van der Waals surface area contributed by atoms with Crippen LogP contribution in [0.5, 0.6) is 0 Å². The molecule has 0 heterocycles. The van der Waals surface area contributed by atoms with Gasteiger partial charge in [-0.2, -0.15) is 0 Å². The lowest BCUT2D eigenvalue weighted by molar-refractivity contribution is -0.129. The highest BCUT2D eigenvalue weighted by atomic mass is 16.2. The van der Waals surface area contributed by atoms with Crippen molar-refractivity contribution in [2.45, 2.75) is 20.8 Å². The molecule has 0 saturated heterocycles. The van der Waals surface area contributed by atoms with Gasteiger partial charge in [0.25, 0.3) is 5.91 Å². The molecule has 1 aromatic rings. The smallest absolute Gasteiger partial charge is 0.254 e. The third kappa shape index (κ3) is 3.50. The average molecular weight is 277 g/mol. The fourth-order valence-corrected chi connectivity index (χ4v) is 1.90. The van der Waals surface area contributed by atoms with E-state index >= 15 is 0 Å². The largest absolute Gasteiger partial charge is 0.398 e. The van der Waals surface area contributed by atoms with Gasteiger partial charge in [0.15, 0.2) is 0 Å². The van der Waals surface area contributed by atoms with Gasteiger partial charge in [0.2, 0.25) is 5.91 Å². The molecule has 1 rings (SSSR count). The lowest BCUT2D eigenvalue weighted by atomic mass is 10.0. The van der Waals surface area contributed by atoms with E-state index in [4.69, 9.17) is 5.73 Å². The van der Waals surface area contributed by atoms with Crippen LogP contribution < -0.4 is 5.73 Å². The molecule has 0 fully saturated rings. The van der Waals surface area contributed by atoms with Crippen molar-refractivity contribution < 1.29 is 9.59 Å². The zero-order valence-corrected chi connectivity index (χ0v) is 12.9. The van der Waals surface area contributed by atoms with Crippen LogP contribution in [0.1, 0.15) is 28.4 Å². The van der Waals surface area contributed by atoms with E-state index in [-0.39, 0.29) is 18.4 Å². The summed E-state index contributed by atoms with van der Waals surface area (Å²) in [6.45, 7) is 6.19. The van der Waals surface area contributed by atoms with Crippen molar-refractivity contribution in [3.8, 4) is 0 Å². The number of hydrogen-bond acceptors (Lipinski definition) is 3. The van der Waals surface area contributed by atoms with Crippen molar-refractivity contribution in [2.75, 3.05) is 32.9 Å². The van der Waals surface area contributed by atoms with Gasteiger partial charge in [0, 0.05) is 31.9 Å². The van der Waals surface area contributed by atoms with E-state index < -0.39 is 0 Å². The van der Waals surface area contributed by atoms with Crippen LogP contribution in [0.4, 0.5) is 5.69 Å². The summed E-state index contributed by atoms with van der Waals surface area (Å²) in [5.41, 5.74) is 8.84. The number of nitrogen functional groups attached to an aromatic ring is 1. The van der Waals surface area contributed by atoms with E-state index in [0.29, 0.717) is 17.8 Å². The van der Waals surface area contributed by atoms with Crippen LogP contribution >= 0.6 is 0 Å². The summed E-state index contributed by atoms with van der Waals surface area (Å²) in [6.07, 6.45) is 0. The van der Waals surface area contributed by atoms with Gasteiger partial charge < -0.3 is 15.5 Å². The monoisotopic (exact) mass is 277 g/mol. The summed E-state index contributed by atoms with van der Waals surface area (Å²) >= 11 is 0. The van der Waals surface area contributed by atoms with E-state index in [0.717, 1.165) is 11.1 Å². The van der Waals surface area contributed by atoms with Crippen molar-refractivity contribution in [1.82, 2.24) is 9.80 Å². The van der Waals surface area contributed by atoms with Crippen LogP contribution in [0.15, 0.2) is 12.1 Å². The highest BCUT2D eigenvalue weighted by molar-refractivity contribution is 5.98. The summed E-state index contributed by atoms with van der Waals surface area (Å²) in [5.74, 6) is -0.259. The van der Waals surface area contributed by atoms with E-state index in [1.807, 2.05) is 26.8 Å². The Labute approximate surface area is 120 Å². The first-order chi connectivity index (χ1) is 9.27. The number of nitrogens with zero attached hydrogens (tertiary/aromatic N) is 2. The number of benzene rings is 1. The molecule has 0 radical (unpaired) electrons. The lowest BCUT2D eigenvalue weighted by Gasteiger charge is -2.23. The number of hydrogen-bond donors (Lipinski definition) is 1. The van der Waals surface area contributed by atoms with Gasteiger partial charge in [-0.1, -0.05) is 6.07 Å². The van der Waals surface area contributed by atoms with Crippen LogP contribution in [0.3, 0.4) is 0 Å². The molecular formula is C15H23N3O2. The molecule has 0 saturated carbocycles. The first-order valence-electron chi connectivity index (χ1n) is 6.64. The molecule has 0 bridgehead atoms. The Balaban J connectivity index is 3.03. The minimum absolute atomic E-state index is 0.0789. The van der Waals surface area contributed by atoms with Crippen molar-refractivity contribution in [3.05, 3.63) is 28.8 Å². The Morgan fingerprint density at radius 1 is 1.15 bits per heavy atom. The Kier molecular flexibility index (Phi) is 5.13. The maximum absolute atomic E-state index is 12.5. The van der Waals surface area contributed by atoms with E-state index in [1.54, 1.807) is 20.2 Å². The van der Waals surface area contributed by atoms with Crippen LogP contribution in [0.2, 0.25) is 0 Å². The standard InChI is InChI=1S/C15H23N3O2/c1-6-18(9-14(19)17(4)5)15(20)12-8-13(16)11(3)7-10(12)2/h7-8H,6,9,16H2,1-5H3. The second-order valence-corrected chi connectivity index (χ2v) is 5.13. The normalized spacial score (nSPS) is 10.2. The van der Waals surface area contributed by atoms with E-state index in [2.05, 4.69) is 0 Å². The average Bonchev–Trinajstić information content (AvgIpc) is 2.38. The van der Waals surface area contributed by atoms with E-state index in [9.17, 15) is 9.59 Å². The molecule has 5 nitrogen and oxygen atoms in total. The second kappa shape index (κ2) is 6.41. The van der Waals surface area contributed by atoms with Crippen molar-refractivity contribution in [2.24, 2.45) is 0 Å². The summed E-state index contributed by atoms with van der Waals surface area (Å²) in [4.78, 5) is 27.3. The highest BCUT2D eigenvalue weighted by Crippen LogP contribution is 2.19. The molecule has 0 aliphatic rings. The molecule has 0 unspecified atom stereocenters. The van der Waals surface area contributed by atoms with Crippen molar-refractivity contribution in [1.29, 1.82) is 0 Å². The van der Waals surface area contributed by atoms with E-state index in [1.165, 1.54) is 9.80 Å². The van der Waals surface area contributed by atoms with Crippen molar-refractivity contribution in [3.63, 3.8) is 0 Å². The Hall–Kier alpha value is -2.04. The van der Waals surface area contributed by atoms with Gasteiger partial charge in [-0.15, -0.1) is 0 Å². The summed E-state index contributed by atoms with van der Waals surface area (Å²) in [5, 5.41) is 0. The first-order valence-corrected chi connectivity index (χ1v) is 6.64. The zero-order chi connectivity index (χ0) is 15.4. The Morgan fingerprint density at radius 2 is 1.75 bits per heavy atom. The summed E-state index contributed by atoms with van der Waals surface area (Å²) < 4.78 is 0. The first kappa shape index (κ1) is 16.0. The van der Waals surface area contributed by atoms with Crippen LogP contribution in [0.25, 0.3) is 0 Å². The molecule has 5 heteroatoms. The van der Waals surface area contributed by atoms with Crippen molar-refractivity contribution >= 4 is 17.5 Å². The molecule has 0 spiro atoms. The number of carbonyl (C=O) groups excluding carboxylic acids is 2. The Bertz CT molecular complexity index is 524. The quantitative estimate of drug-likeness (QED) is 0.847. The number of rotatable bonds is 4. The number of anilines is 1. The number of likely N-dealkylation sites (N-methyl/N-ethyl adjacent to an activating group) is 2. The highest BCUT2D eigenvalue weighted by Gasteiger charge is 2.20. The van der Waals surface area contributed by atoms with Gasteiger partial charge in [-0.25, -0.2) is 0 Å². The Morgan fingerprint density at radius 3 is 2.25 bits per heavy atom. The molecule has 0 atom stereocenters. The summed E-state index contributed by atoms with van der Waals surface area (Å²) in [7, 11) is 3.35. The third-order valence-corrected chi connectivity index (χ3v) is 3.34. The number of nitrogens with two attached hydrogens (primary N) is 1. The molecule has 2 amide bonds. The topological polar surface area (TPSA) is 66.6 Å². The zero-order valence-electron chi connectivity index (χ0n) is 12.9. The SMILES string of the molecule is CCN(CC(=O)N(C)C)C(=O)c1cc(N)c(C)cc1C. The second-order valence-electron chi connectivity index (χ2n) is 5.13. The number of carbonyl (C=O) groups is 2. The fourth-order valence-electron chi connectivity index (χ4n) is 1.90. The van der Waals surface area contributed by atoms with Crippen LogP contribution in [0, 0.1) is 13.8 Å². The van der Waals surface area contributed by atoms with Crippen LogP contribution in [-0.2, 0) is 4.79 Å². The molecule has 20 heavy (non-hydrogen) atoms. The maximum atomic E-state index is 12.5. The molecule has 0 aromatic heterocycles.